The van der Waals surface area contributed by atoms with Gasteiger partial charge in [-0.2, -0.15) is 0 Å². The van der Waals surface area contributed by atoms with Gasteiger partial charge < -0.3 is 15.8 Å². The van der Waals surface area contributed by atoms with Crippen LogP contribution in [0.3, 0.4) is 0 Å². The molecule has 6 nitrogen and oxygen atoms in total. The summed E-state index contributed by atoms with van der Waals surface area (Å²) < 4.78 is 5.45. The molecule has 0 aliphatic carbocycles. The van der Waals surface area contributed by atoms with Gasteiger partial charge >= 0.3 is 12.0 Å². The van der Waals surface area contributed by atoms with Crippen molar-refractivity contribution in [2.75, 3.05) is 6.61 Å². The number of carbonyl (C=O) groups is 3. The Labute approximate surface area is 157 Å². The van der Waals surface area contributed by atoms with Crippen LogP contribution in [0.25, 0.3) is 0 Å². The molecule has 0 aliphatic rings. The number of halogens is 2. The number of nitrogens with two attached hydrogens (primary N) is 1. The number of rotatable bonds is 7. The fourth-order valence-electron chi connectivity index (χ4n) is 2.08. The minimum atomic E-state index is -0.804. The van der Waals surface area contributed by atoms with Crippen LogP contribution in [0.15, 0.2) is 36.4 Å². The number of urea groups is 1. The van der Waals surface area contributed by atoms with E-state index in [2.05, 4.69) is 5.32 Å². The van der Waals surface area contributed by atoms with Crippen LogP contribution in [0.4, 0.5) is 4.79 Å². The lowest BCUT2D eigenvalue weighted by molar-refractivity contribution is -0.143. The van der Waals surface area contributed by atoms with Crippen LogP contribution in [0.5, 0.6) is 0 Å². The maximum absolute atomic E-state index is 12.0. The standard InChI is InChI=1S/C16H14Cl2N2O4S/c17-10-4-2-1-3-9(10)11(20-16(19)23)7-15(22)24-8-12(21)13-5-6-14(18)25-13/h1-6,11H,7-8H2,(H3,19,20,23). The summed E-state index contributed by atoms with van der Waals surface area (Å²) in [5, 5.41) is 2.82. The highest BCUT2D eigenvalue weighted by atomic mass is 35.5. The van der Waals surface area contributed by atoms with Crippen LogP contribution in [-0.4, -0.2) is 24.4 Å². The van der Waals surface area contributed by atoms with E-state index in [1.165, 1.54) is 0 Å². The summed E-state index contributed by atoms with van der Waals surface area (Å²) >= 11 is 12.9. The van der Waals surface area contributed by atoms with Crippen molar-refractivity contribution in [3.05, 3.63) is 56.2 Å². The molecule has 0 bridgehead atoms. The number of hydrogen-bond donors (Lipinski definition) is 2. The molecule has 0 saturated carbocycles. The van der Waals surface area contributed by atoms with E-state index in [1.54, 1.807) is 36.4 Å². The molecule has 0 spiro atoms. The Balaban J connectivity index is 1.98. The van der Waals surface area contributed by atoms with E-state index >= 15 is 0 Å². The molecule has 3 N–H and O–H groups in total. The number of hydrogen-bond acceptors (Lipinski definition) is 5. The summed E-state index contributed by atoms with van der Waals surface area (Å²) in [6, 6.07) is 8.31. The van der Waals surface area contributed by atoms with E-state index in [0.29, 0.717) is 19.8 Å². The van der Waals surface area contributed by atoms with Crippen molar-refractivity contribution in [2.45, 2.75) is 12.5 Å². The third kappa shape index (κ3) is 5.74. The monoisotopic (exact) mass is 400 g/mol. The van der Waals surface area contributed by atoms with Crippen LogP contribution >= 0.6 is 34.5 Å². The third-order valence-corrected chi connectivity index (χ3v) is 4.80. The normalized spacial score (nSPS) is 11.6. The van der Waals surface area contributed by atoms with Gasteiger partial charge in [0.15, 0.2) is 6.61 Å². The molecule has 2 rings (SSSR count). The van der Waals surface area contributed by atoms with E-state index in [-0.39, 0.29) is 12.2 Å². The van der Waals surface area contributed by atoms with Gasteiger partial charge in [-0.05, 0) is 23.8 Å². The molecule has 0 radical (unpaired) electrons. The van der Waals surface area contributed by atoms with Crippen LogP contribution in [0.1, 0.15) is 27.7 Å². The molecule has 1 aromatic carbocycles. The smallest absolute Gasteiger partial charge is 0.312 e. The zero-order valence-corrected chi connectivity index (χ0v) is 15.2. The molecule has 1 aromatic heterocycles. The topological polar surface area (TPSA) is 98.5 Å². The Morgan fingerprint density at radius 1 is 1.16 bits per heavy atom. The summed E-state index contributed by atoms with van der Waals surface area (Å²) in [6.45, 7) is -0.415. The molecule has 1 heterocycles. The maximum Gasteiger partial charge on any atom is 0.312 e. The minimum Gasteiger partial charge on any atom is -0.457 e. The Morgan fingerprint density at radius 2 is 1.88 bits per heavy atom. The van der Waals surface area contributed by atoms with E-state index in [9.17, 15) is 14.4 Å². The summed E-state index contributed by atoms with van der Waals surface area (Å²) in [7, 11) is 0. The lowest BCUT2D eigenvalue weighted by atomic mass is 10.0. The zero-order valence-electron chi connectivity index (χ0n) is 12.8. The van der Waals surface area contributed by atoms with Crippen LogP contribution < -0.4 is 11.1 Å². The number of nitrogens with one attached hydrogen (secondary N) is 1. The second-order valence-corrected chi connectivity index (χ2v) is 7.10. The van der Waals surface area contributed by atoms with E-state index in [1.807, 2.05) is 0 Å². The lowest BCUT2D eigenvalue weighted by Gasteiger charge is -2.18. The fraction of sp³-hybridized carbons (Fsp3) is 0.188. The van der Waals surface area contributed by atoms with Gasteiger partial charge in [-0.25, -0.2) is 4.79 Å². The number of ketones is 1. The largest absolute Gasteiger partial charge is 0.457 e. The molecule has 0 fully saturated rings. The Hall–Kier alpha value is -2.09. The zero-order chi connectivity index (χ0) is 18.4. The van der Waals surface area contributed by atoms with Crippen molar-refractivity contribution in [3.63, 3.8) is 0 Å². The molecule has 2 aromatic rings. The highest BCUT2D eigenvalue weighted by molar-refractivity contribution is 7.18. The molecule has 132 valence electrons. The number of amides is 2. The van der Waals surface area contributed by atoms with Gasteiger partial charge in [-0.3, -0.25) is 9.59 Å². The summed E-state index contributed by atoms with van der Waals surface area (Å²) in [5.74, 6) is -1.03. The summed E-state index contributed by atoms with van der Waals surface area (Å²) in [4.78, 5) is 35.5. The number of thiophene rings is 1. The van der Waals surface area contributed by atoms with E-state index in [4.69, 9.17) is 33.7 Å². The Bertz CT molecular complexity index is 794. The first kappa shape index (κ1) is 19.2. The van der Waals surface area contributed by atoms with Crippen molar-refractivity contribution in [2.24, 2.45) is 5.73 Å². The van der Waals surface area contributed by atoms with Gasteiger partial charge in [-0.1, -0.05) is 41.4 Å². The maximum atomic E-state index is 12.0. The van der Waals surface area contributed by atoms with E-state index in [0.717, 1.165) is 11.3 Å². The second kappa shape index (κ2) is 8.84. The average molecular weight is 401 g/mol. The van der Waals surface area contributed by atoms with Gasteiger partial charge in [-0.15, -0.1) is 11.3 Å². The van der Waals surface area contributed by atoms with Gasteiger partial charge in [0.05, 0.1) is 21.7 Å². The average Bonchev–Trinajstić information content (AvgIpc) is 2.98. The van der Waals surface area contributed by atoms with Gasteiger partial charge in [0.25, 0.3) is 0 Å². The van der Waals surface area contributed by atoms with Gasteiger partial charge in [0, 0.05) is 5.02 Å². The lowest BCUT2D eigenvalue weighted by Crippen LogP contribution is -2.35. The minimum absolute atomic E-state index is 0.217. The molecule has 2 amide bonds. The van der Waals surface area contributed by atoms with Crippen molar-refractivity contribution in [3.8, 4) is 0 Å². The quantitative estimate of drug-likeness (QED) is 0.547. The molecule has 0 aliphatic heterocycles. The number of carbonyl (C=O) groups excluding carboxylic acids is 3. The Kier molecular flexibility index (Phi) is 6.81. The predicted molar refractivity (Wildman–Crippen MR) is 96.1 cm³/mol. The van der Waals surface area contributed by atoms with Crippen molar-refractivity contribution in [1.82, 2.24) is 5.32 Å². The molecule has 1 unspecified atom stereocenters. The number of primary amides is 1. The molecule has 1 atom stereocenters. The number of Topliss-reactive ketones (excluding diaryl/α,β-unsaturated/α-hetero) is 1. The first-order valence-corrected chi connectivity index (χ1v) is 8.68. The van der Waals surface area contributed by atoms with Crippen LogP contribution in [-0.2, 0) is 9.53 Å². The molecular formula is C16H14Cl2N2O4S. The predicted octanol–water partition coefficient (Wildman–Crippen LogP) is 3.58. The summed E-state index contributed by atoms with van der Waals surface area (Å²) in [6.07, 6.45) is -0.217. The highest BCUT2D eigenvalue weighted by Gasteiger charge is 2.21. The van der Waals surface area contributed by atoms with Gasteiger partial charge in [0.1, 0.15) is 0 Å². The van der Waals surface area contributed by atoms with E-state index < -0.39 is 24.6 Å². The second-order valence-electron chi connectivity index (χ2n) is 4.97. The van der Waals surface area contributed by atoms with Crippen molar-refractivity contribution in [1.29, 1.82) is 0 Å². The first-order chi connectivity index (χ1) is 11.9. The van der Waals surface area contributed by atoms with Crippen LogP contribution in [0, 0.1) is 0 Å². The van der Waals surface area contributed by atoms with Crippen molar-refractivity contribution >= 4 is 52.3 Å². The first-order valence-electron chi connectivity index (χ1n) is 7.11. The molecule has 9 heteroatoms. The highest BCUT2D eigenvalue weighted by Crippen LogP contribution is 2.25. The molecule has 0 saturated heterocycles. The fourth-order valence-corrected chi connectivity index (χ4v) is 3.31. The summed E-state index contributed by atoms with van der Waals surface area (Å²) in [5.41, 5.74) is 5.67. The number of benzene rings is 1. The molecular weight excluding hydrogens is 387 g/mol. The van der Waals surface area contributed by atoms with Gasteiger partial charge in [0.2, 0.25) is 5.78 Å². The Morgan fingerprint density at radius 3 is 2.48 bits per heavy atom. The van der Waals surface area contributed by atoms with Crippen LogP contribution in [0.2, 0.25) is 9.36 Å². The van der Waals surface area contributed by atoms with Crippen molar-refractivity contribution < 1.29 is 19.1 Å². The number of ether oxygens (including phenoxy) is 1. The number of esters is 1. The third-order valence-electron chi connectivity index (χ3n) is 3.18. The SMILES string of the molecule is NC(=O)NC(CC(=O)OCC(=O)c1ccc(Cl)s1)c1ccccc1Cl. The molecule has 25 heavy (non-hydrogen) atoms.